The molecular weight excluding hydrogens is 330 g/mol. The van der Waals surface area contributed by atoms with Crippen LogP contribution in [0, 0.1) is 5.92 Å². The van der Waals surface area contributed by atoms with Gasteiger partial charge in [0.2, 0.25) is 0 Å². The number of fused-ring (bicyclic) bond motifs is 3. The van der Waals surface area contributed by atoms with Crippen LogP contribution < -0.4 is 5.32 Å². The Bertz CT molecular complexity index is 901. The third-order valence-electron chi connectivity index (χ3n) is 5.30. The number of aromatic carboxylic acids is 1. The average molecular weight is 349 g/mol. The van der Waals surface area contributed by atoms with Crippen LogP contribution in [-0.2, 0) is 4.74 Å². The van der Waals surface area contributed by atoms with E-state index in [2.05, 4.69) is 17.5 Å². The van der Waals surface area contributed by atoms with Gasteiger partial charge >= 0.3 is 11.9 Å². The lowest BCUT2D eigenvalue weighted by Crippen LogP contribution is -2.29. The summed E-state index contributed by atoms with van der Waals surface area (Å²) in [6, 6.07) is 12.8. The summed E-state index contributed by atoms with van der Waals surface area (Å²) in [4.78, 5) is 22.9. The molecule has 0 fully saturated rings. The molecule has 2 aliphatic rings. The molecular formula is C21H19NO4. The molecule has 2 N–H and O–H groups in total. The van der Waals surface area contributed by atoms with Gasteiger partial charge in [-0.1, -0.05) is 24.3 Å². The maximum atomic E-state index is 11.6. The highest BCUT2D eigenvalue weighted by Gasteiger charge is 2.38. The third kappa shape index (κ3) is 2.65. The Hall–Kier alpha value is -3.08. The Balaban J connectivity index is 1.69. The van der Waals surface area contributed by atoms with Gasteiger partial charge in [-0.3, -0.25) is 0 Å². The van der Waals surface area contributed by atoms with E-state index in [1.165, 1.54) is 7.11 Å². The summed E-state index contributed by atoms with van der Waals surface area (Å²) < 4.78 is 4.76. The number of esters is 1. The highest BCUT2D eigenvalue weighted by atomic mass is 16.5. The lowest BCUT2D eigenvalue weighted by molar-refractivity contribution is 0.0599. The van der Waals surface area contributed by atoms with Crippen molar-refractivity contribution < 1.29 is 19.4 Å². The Kier molecular flexibility index (Phi) is 3.99. The second-order valence-electron chi connectivity index (χ2n) is 6.70. The summed E-state index contributed by atoms with van der Waals surface area (Å²) in [6.07, 6.45) is 5.26. The van der Waals surface area contributed by atoms with E-state index in [1.807, 2.05) is 18.2 Å². The smallest absolute Gasteiger partial charge is 0.337 e. The number of carboxylic acid groups (broad SMARTS) is 1. The second-order valence-corrected chi connectivity index (χ2v) is 6.70. The normalized spacial score (nSPS) is 22.9. The molecule has 0 radical (unpaired) electrons. The van der Waals surface area contributed by atoms with Crippen molar-refractivity contribution in [3.05, 3.63) is 76.9 Å². The van der Waals surface area contributed by atoms with Crippen molar-refractivity contribution in [1.82, 2.24) is 0 Å². The quantitative estimate of drug-likeness (QED) is 0.647. The molecule has 5 nitrogen and oxygen atoms in total. The first kappa shape index (κ1) is 16.4. The minimum Gasteiger partial charge on any atom is -0.478 e. The summed E-state index contributed by atoms with van der Waals surface area (Å²) in [5, 5.41) is 12.8. The summed E-state index contributed by atoms with van der Waals surface area (Å²) in [6.45, 7) is 0. The lowest BCUT2D eigenvalue weighted by atomic mass is 9.76. The van der Waals surface area contributed by atoms with E-state index in [0.29, 0.717) is 17.0 Å². The third-order valence-corrected chi connectivity index (χ3v) is 5.30. The van der Waals surface area contributed by atoms with Crippen molar-refractivity contribution in [2.75, 3.05) is 12.4 Å². The predicted molar refractivity (Wildman–Crippen MR) is 97.5 cm³/mol. The molecule has 26 heavy (non-hydrogen) atoms. The molecule has 0 amide bonds. The monoisotopic (exact) mass is 349 g/mol. The first-order valence-electron chi connectivity index (χ1n) is 8.57. The zero-order valence-corrected chi connectivity index (χ0v) is 14.3. The summed E-state index contributed by atoms with van der Waals surface area (Å²) in [5.41, 5.74) is 3.94. The standard InChI is InChI=1S/C21H19NO4/c1-26-21(25)13-7-5-12(6-8-13)19-16-4-2-3-15(16)17-11-14(20(23)24)9-10-18(17)22-19/h2-3,5-11,15-16,19,22H,4H2,1H3,(H,23,24)/t15-,16+,19+/m1/s1. The largest absolute Gasteiger partial charge is 0.478 e. The van der Waals surface area contributed by atoms with Gasteiger partial charge in [-0.2, -0.15) is 0 Å². The molecule has 2 aromatic rings. The van der Waals surface area contributed by atoms with Gasteiger partial charge < -0.3 is 15.2 Å². The van der Waals surface area contributed by atoms with E-state index in [0.717, 1.165) is 23.2 Å². The van der Waals surface area contributed by atoms with E-state index in [1.54, 1.807) is 24.3 Å². The van der Waals surface area contributed by atoms with Gasteiger partial charge in [0.15, 0.2) is 0 Å². The topological polar surface area (TPSA) is 75.6 Å². The van der Waals surface area contributed by atoms with E-state index in [4.69, 9.17) is 4.74 Å². The maximum Gasteiger partial charge on any atom is 0.337 e. The zero-order chi connectivity index (χ0) is 18.3. The van der Waals surface area contributed by atoms with Crippen molar-refractivity contribution in [2.24, 2.45) is 5.92 Å². The van der Waals surface area contributed by atoms with Crippen LogP contribution >= 0.6 is 0 Å². The molecule has 0 aromatic heterocycles. The summed E-state index contributed by atoms with van der Waals surface area (Å²) in [5.74, 6) is -0.752. The molecule has 1 aliphatic heterocycles. The van der Waals surface area contributed by atoms with Gasteiger partial charge in [0.1, 0.15) is 0 Å². The number of rotatable bonds is 3. The van der Waals surface area contributed by atoms with Crippen LogP contribution in [0.5, 0.6) is 0 Å². The molecule has 132 valence electrons. The van der Waals surface area contributed by atoms with Crippen LogP contribution in [0.25, 0.3) is 0 Å². The van der Waals surface area contributed by atoms with Crippen molar-refractivity contribution >= 4 is 17.6 Å². The molecule has 1 aliphatic carbocycles. The fourth-order valence-electron chi connectivity index (χ4n) is 4.00. The SMILES string of the molecule is COC(=O)c1ccc([C@@H]2Nc3ccc(C(=O)O)cc3[C@@H]3C=CC[C@@H]32)cc1. The number of methoxy groups -OCH3 is 1. The van der Waals surface area contributed by atoms with Crippen LogP contribution in [-0.4, -0.2) is 24.2 Å². The number of allylic oxidation sites excluding steroid dienone is 2. The first-order valence-corrected chi connectivity index (χ1v) is 8.57. The van der Waals surface area contributed by atoms with Gasteiger partial charge in [0.25, 0.3) is 0 Å². The molecule has 0 bridgehead atoms. The Morgan fingerprint density at radius 1 is 1.12 bits per heavy atom. The van der Waals surface area contributed by atoms with Gasteiger partial charge in [-0.25, -0.2) is 9.59 Å². The van der Waals surface area contributed by atoms with Crippen LogP contribution in [0.2, 0.25) is 0 Å². The fourth-order valence-corrected chi connectivity index (χ4v) is 4.00. The molecule has 3 atom stereocenters. The molecule has 0 saturated carbocycles. The highest BCUT2D eigenvalue weighted by molar-refractivity contribution is 5.89. The molecule has 1 heterocycles. The Morgan fingerprint density at radius 2 is 1.85 bits per heavy atom. The number of benzene rings is 2. The van der Waals surface area contributed by atoms with Crippen molar-refractivity contribution in [3.63, 3.8) is 0 Å². The van der Waals surface area contributed by atoms with Gasteiger partial charge in [0, 0.05) is 11.6 Å². The molecule has 4 rings (SSSR count). The predicted octanol–water partition coefficient (Wildman–Crippen LogP) is 4.00. The van der Waals surface area contributed by atoms with Crippen molar-refractivity contribution in [1.29, 1.82) is 0 Å². The number of carbonyl (C=O) groups excluding carboxylic acids is 1. The highest BCUT2D eigenvalue weighted by Crippen LogP contribution is 2.49. The van der Waals surface area contributed by atoms with Gasteiger partial charge in [-0.05, 0) is 53.8 Å². The maximum absolute atomic E-state index is 11.6. The van der Waals surface area contributed by atoms with E-state index < -0.39 is 5.97 Å². The van der Waals surface area contributed by atoms with Crippen LogP contribution in [0.15, 0.2) is 54.6 Å². The summed E-state index contributed by atoms with van der Waals surface area (Å²) in [7, 11) is 1.37. The van der Waals surface area contributed by atoms with Crippen LogP contribution in [0.4, 0.5) is 5.69 Å². The number of carboxylic acids is 1. The minimum absolute atomic E-state index is 0.102. The number of hydrogen-bond acceptors (Lipinski definition) is 4. The van der Waals surface area contributed by atoms with Crippen molar-refractivity contribution in [3.8, 4) is 0 Å². The van der Waals surface area contributed by atoms with Gasteiger partial charge in [-0.15, -0.1) is 0 Å². The number of ether oxygens (including phenoxy) is 1. The van der Waals surface area contributed by atoms with Crippen molar-refractivity contribution in [2.45, 2.75) is 18.4 Å². The number of carbonyl (C=O) groups is 2. The molecule has 5 heteroatoms. The van der Waals surface area contributed by atoms with E-state index >= 15 is 0 Å². The Morgan fingerprint density at radius 3 is 2.54 bits per heavy atom. The molecule has 0 saturated heterocycles. The number of hydrogen-bond donors (Lipinski definition) is 2. The number of nitrogens with one attached hydrogen (secondary N) is 1. The second kappa shape index (κ2) is 6.33. The minimum atomic E-state index is -0.910. The van der Waals surface area contributed by atoms with Crippen LogP contribution in [0.3, 0.4) is 0 Å². The Labute approximate surface area is 151 Å². The molecule has 2 aromatic carbocycles. The fraction of sp³-hybridized carbons (Fsp3) is 0.238. The lowest BCUT2D eigenvalue weighted by Gasteiger charge is -2.37. The van der Waals surface area contributed by atoms with Crippen LogP contribution in [0.1, 0.15) is 50.2 Å². The molecule has 0 unspecified atom stereocenters. The van der Waals surface area contributed by atoms with Gasteiger partial charge in [0.05, 0.1) is 24.3 Å². The van der Waals surface area contributed by atoms with E-state index in [9.17, 15) is 14.7 Å². The molecule has 0 spiro atoms. The number of anilines is 1. The summed E-state index contributed by atoms with van der Waals surface area (Å²) >= 11 is 0. The average Bonchev–Trinajstić information content (AvgIpc) is 3.16. The first-order chi connectivity index (χ1) is 12.6. The zero-order valence-electron chi connectivity index (χ0n) is 14.3. The van der Waals surface area contributed by atoms with E-state index in [-0.39, 0.29) is 17.9 Å².